The first-order valence-corrected chi connectivity index (χ1v) is 7.90. The van der Waals surface area contributed by atoms with Crippen molar-refractivity contribution in [2.75, 3.05) is 38.3 Å². The molecule has 0 aliphatic rings. The number of hydrogen-bond acceptors (Lipinski definition) is 5. The fourth-order valence-electron chi connectivity index (χ4n) is 2.44. The van der Waals surface area contributed by atoms with Gasteiger partial charge in [0.2, 0.25) is 5.88 Å². The zero-order valence-corrected chi connectivity index (χ0v) is 13.9. The number of nitrogens with zero attached hydrogens (tertiary/aromatic N) is 2. The topological polar surface area (TPSA) is 50.5 Å². The highest BCUT2D eigenvalue weighted by Crippen LogP contribution is 2.31. The lowest BCUT2D eigenvalue weighted by atomic mass is 10.1. The fraction of sp³-hybridized carbons (Fsp3) is 0.471. The third-order valence-electron chi connectivity index (χ3n) is 3.72. The highest BCUT2D eigenvalue weighted by Gasteiger charge is 2.20. The van der Waals surface area contributed by atoms with Gasteiger partial charge in [-0.2, -0.15) is 0 Å². The van der Waals surface area contributed by atoms with Gasteiger partial charge in [-0.25, -0.2) is 4.39 Å². The normalized spacial score (nSPS) is 11.0. The molecule has 0 aliphatic carbocycles. The van der Waals surface area contributed by atoms with Crippen LogP contribution >= 0.6 is 0 Å². The molecule has 1 aromatic carbocycles. The van der Waals surface area contributed by atoms with Gasteiger partial charge in [0, 0.05) is 38.9 Å². The molecule has 2 aromatic rings. The van der Waals surface area contributed by atoms with Crippen LogP contribution in [0.15, 0.2) is 28.8 Å². The summed E-state index contributed by atoms with van der Waals surface area (Å²) in [6, 6.07) is 6.31. The summed E-state index contributed by atoms with van der Waals surface area (Å²) in [4.78, 5) is 2.12. The van der Waals surface area contributed by atoms with Crippen molar-refractivity contribution in [1.82, 2.24) is 10.5 Å². The van der Waals surface area contributed by atoms with E-state index in [1.807, 2.05) is 0 Å². The van der Waals surface area contributed by atoms with E-state index in [1.165, 1.54) is 12.1 Å². The second-order valence-electron chi connectivity index (χ2n) is 5.16. The van der Waals surface area contributed by atoms with Crippen molar-refractivity contribution >= 4 is 5.88 Å². The smallest absolute Gasteiger partial charge is 0.232 e. The summed E-state index contributed by atoms with van der Waals surface area (Å²) in [6.45, 7) is 7.81. The van der Waals surface area contributed by atoms with Crippen molar-refractivity contribution < 1.29 is 13.7 Å². The van der Waals surface area contributed by atoms with Crippen LogP contribution in [0.3, 0.4) is 0 Å². The highest BCUT2D eigenvalue weighted by atomic mass is 19.1. The maximum Gasteiger partial charge on any atom is 0.232 e. The largest absolute Gasteiger partial charge is 0.383 e. The van der Waals surface area contributed by atoms with Gasteiger partial charge in [0.05, 0.1) is 12.2 Å². The van der Waals surface area contributed by atoms with Crippen LogP contribution in [0.2, 0.25) is 0 Å². The SMILES string of the molecule is CCN(CC)c1onc(-c2ccc(F)cc2)c1CNCCOC. The molecule has 1 aromatic heterocycles. The minimum atomic E-state index is -0.263. The van der Waals surface area contributed by atoms with Crippen molar-refractivity contribution in [1.29, 1.82) is 0 Å². The van der Waals surface area contributed by atoms with Gasteiger partial charge in [-0.1, -0.05) is 5.16 Å². The average molecular weight is 321 g/mol. The van der Waals surface area contributed by atoms with Gasteiger partial charge in [0.1, 0.15) is 11.5 Å². The number of aromatic nitrogens is 1. The molecule has 0 radical (unpaired) electrons. The molecular formula is C17H24FN3O2. The highest BCUT2D eigenvalue weighted by molar-refractivity contribution is 5.68. The quantitative estimate of drug-likeness (QED) is 0.719. The van der Waals surface area contributed by atoms with Gasteiger partial charge < -0.3 is 19.5 Å². The maximum absolute atomic E-state index is 13.2. The number of benzene rings is 1. The zero-order chi connectivity index (χ0) is 16.7. The average Bonchev–Trinajstić information content (AvgIpc) is 2.97. The van der Waals surface area contributed by atoms with Crippen LogP contribution < -0.4 is 10.2 Å². The van der Waals surface area contributed by atoms with E-state index >= 15 is 0 Å². The molecule has 1 N–H and O–H groups in total. The summed E-state index contributed by atoms with van der Waals surface area (Å²) in [5.41, 5.74) is 2.57. The molecule has 2 rings (SSSR count). The lowest BCUT2D eigenvalue weighted by Crippen LogP contribution is -2.25. The standard InChI is InChI=1S/C17H24FN3O2/c1-4-21(5-2)17-15(12-19-10-11-22-3)16(20-23-17)13-6-8-14(18)9-7-13/h6-9,19H,4-5,10-12H2,1-3H3. The Morgan fingerprint density at radius 1 is 1.22 bits per heavy atom. The Morgan fingerprint density at radius 3 is 2.52 bits per heavy atom. The molecule has 126 valence electrons. The number of hydrogen-bond donors (Lipinski definition) is 1. The van der Waals surface area contributed by atoms with E-state index in [-0.39, 0.29) is 5.82 Å². The molecule has 5 nitrogen and oxygen atoms in total. The Balaban J connectivity index is 2.31. The van der Waals surface area contributed by atoms with E-state index in [1.54, 1.807) is 19.2 Å². The van der Waals surface area contributed by atoms with E-state index < -0.39 is 0 Å². The molecule has 0 unspecified atom stereocenters. The molecular weight excluding hydrogens is 297 g/mol. The van der Waals surface area contributed by atoms with Gasteiger partial charge in [0.15, 0.2) is 0 Å². The molecule has 6 heteroatoms. The summed E-state index contributed by atoms with van der Waals surface area (Å²) in [7, 11) is 1.67. The summed E-state index contributed by atoms with van der Waals surface area (Å²) in [6.07, 6.45) is 0. The Kier molecular flexibility index (Phi) is 6.55. The number of anilines is 1. The molecule has 0 fully saturated rings. The molecule has 0 spiro atoms. The third kappa shape index (κ3) is 4.30. The molecule has 0 aliphatic heterocycles. The van der Waals surface area contributed by atoms with E-state index in [0.29, 0.717) is 13.2 Å². The first-order chi connectivity index (χ1) is 11.2. The second kappa shape index (κ2) is 8.64. The van der Waals surface area contributed by atoms with Crippen LogP contribution in [0.1, 0.15) is 19.4 Å². The molecule has 0 saturated heterocycles. The lowest BCUT2D eigenvalue weighted by molar-refractivity contribution is 0.199. The molecule has 1 heterocycles. The van der Waals surface area contributed by atoms with Crippen molar-refractivity contribution in [2.24, 2.45) is 0 Å². The zero-order valence-electron chi connectivity index (χ0n) is 13.9. The number of methoxy groups -OCH3 is 1. The van der Waals surface area contributed by atoms with Gasteiger partial charge in [-0.3, -0.25) is 0 Å². The first-order valence-electron chi connectivity index (χ1n) is 7.90. The summed E-state index contributed by atoms with van der Waals surface area (Å²) in [5.74, 6) is 0.500. The maximum atomic E-state index is 13.2. The van der Waals surface area contributed by atoms with E-state index in [2.05, 4.69) is 29.2 Å². The lowest BCUT2D eigenvalue weighted by Gasteiger charge is -2.18. The van der Waals surface area contributed by atoms with Crippen LogP contribution in [0.25, 0.3) is 11.3 Å². The molecule has 0 atom stereocenters. The molecule has 0 bridgehead atoms. The number of ether oxygens (including phenoxy) is 1. The van der Waals surface area contributed by atoms with Gasteiger partial charge in [0.25, 0.3) is 0 Å². The molecule has 0 saturated carbocycles. The minimum Gasteiger partial charge on any atom is -0.383 e. The first kappa shape index (κ1) is 17.4. The Hall–Kier alpha value is -1.92. The Labute approximate surface area is 136 Å². The molecule has 23 heavy (non-hydrogen) atoms. The predicted octanol–water partition coefficient (Wildman–Crippen LogP) is 3.06. The third-order valence-corrected chi connectivity index (χ3v) is 3.72. The Bertz CT molecular complexity index is 594. The van der Waals surface area contributed by atoms with Crippen LogP contribution in [0.4, 0.5) is 10.3 Å². The van der Waals surface area contributed by atoms with Crippen LogP contribution in [0.5, 0.6) is 0 Å². The van der Waals surface area contributed by atoms with E-state index in [4.69, 9.17) is 9.26 Å². The van der Waals surface area contributed by atoms with E-state index in [9.17, 15) is 4.39 Å². The second-order valence-corrected chi connectivity index (χ2v) is 5.16. The number of halogens is 1. The number of nitrogens with one attached hydrogen (secondary N) is 1. The van der Waals surface area contributed by atoms with E-state index in [0.717, 1.165) is 42.3 Å². The van der Waals surface area contributed by atoms with Gasteiger partial charge in [-0.15, -0.1) is 0 Å². The predicted molar refractivity (Wildman–Crippen MR) is 89.0 cm³/mol. The van der Waals surface area contributed by atoms with Crippen molar-refractivity contribution in [3.63, 3.8) is 0 Å². The number of rotatable bonds is 9. The minimum absolute atomic E-state index is 0.263. The van der Waals surface area contributed by atoms with Crippen molar-refractivity contribution in [3.05, 3.63) is 35.6 Å². The van der Waals surface area contributed by atoms with Crippen LogP contribution in [-0.2, 0) is 11.3 Å². The van der Waals surface area contributed by atoms with Crippen LogP contribution in [0, 0.1) is 5.82 Å². The summed E-state index contributed by atoms with van der Waals surface area (Å²) >= 11 is 0. The summed E-state index contributed by atoms with van der Waals surface area (Å²) in [5, 5.41) is 7.55. The summed E-state index contributed by atoms with van der Waals surface area (Å²) < 4.78 is 23.8. The van der Waals surface area contributed by atoms with Gasteiger partial charge >= 0.3 is 0 Å². The van der Waals surface area contributed by atoms with Crippen molar-refractivity contribution in [2.45, 2.75) is 20.4 Å². The van der Waals surface area contributed by atoms with Gasteiger partial charge in [-0.05, 0) is 38.1 Å². The monoisotopic (exact) mass is 321 g/mol. The van der Waals surface area contributed by atoms with Crippen LogP contribution in [-0.4, -0.2) is 38.5 Å². The Morgan fingerprint density at radius 2 is 1.91 bits per heavy atom. The van der Waals surface area contributed by atoms with Crippen molar-refractivity contribution in [3.8, 4) is 11.3 Å². The fourth-order valence-corrected chi connectivity index (χ4v) is 2.44. The molecule has 0 amide bonds.